The third kappa shape index (κ3) is 4.92. The third-order valence-electron chi connectivity index (χ3n) is 3.82. The number of rotatable bonds is 4. The predicted octanol–water partition coefficient (Wildman–Crippen LogP) is 0.129. The second-order valence-corrected chi connectivity index (χ2v) is 5.42. The maximum Gasteiger partial charge on any atom is 0.0793 e. The quantitative estimate of drug-likeness (QED) is 0.734. The van der Waals surface area contributed by atoms with Crippen molar-refractivity contribution in [2.24, 2.45) is 0 Å². The molecule has 0 saturated carbocycles. The Labute approximate surface area is 105 Å². The molecule has 2 heterocycles. The fourth-order valence-corrected chi connectivity index (χ4v) is 2.88. The molecule has 0 amide bonds. The molecule has 0 aromatic carbocycles. The van der Waals surface area contributed by atoms with Crippen molar-refractivity contribution >= 4 is 0 Å². The Morgan fingerprint density at radius 1 is 0.824 bits per heavy atom. The van der Waals surface area contributed by atoms with Gasteiger partial charge in [0.25, 0.3) is 0 Å². The molecule has 100 valence electrons. The smallest absolute Gasteiger partial charge is 0.0793 e. The van der Waals surface area contributed by atoms with Crippen LogP contribution < -0.4 is 5.32 Å². The lowest BCUT2D eigenvalue weighted by Crippen LogP contribution is -2.43. The van der Waals surface area contributed by atoms with Crippen molar-refractivity contribution in [2.75, 3.05) is 52.4 Å². The predicted molar refractivity (Wildman–Crippen MR) is 70.2 cm³/mol. The Morgan fingerprint density at radius 2 is 1.47 bits per heavy atom. The minimum atomic E-state index is -0.175. The highest BCUT2D eigenvalue weighted by molar-refractivity contribution is 4.74. The molecule has 1 atom stereocenters. The highest BCUT2D eigenvalue weighted by Crippen LogP contribution is 2.09. The number of aliphatic hydroxyl groups is 1. The molecule has 2 fully saturated rings. The van der Waals surface area contributed by atoms with Crippen LogP contribution in [0.25, 0.3) is 0 Å². The molecule has 0 spiro atoms. The highest BCUT2D eigenvalue weighted by atomic mass is 16.3. The average Bonchev–Trinajstić information content (AvgIpc) is 2.59. The Morgan fingerprint density at radius 3 is 2.24 bits per heavy atom. The van der Waals surface area contributed by atoms with Crippen LogP contribution in [0.5, 0.6) is 0 Å². The van der Waals surface area contributed by atoms with Gasteiger partial charge in [-0.15, -0.1) is 0 Å². The maximum atomic E-state index is 10.1. The number of hydrogen-bond donors (Lipinski definition) is 2. The monoisotopic (exact) mass is 241 g/mol. The number of β-amino-alcohol motifs (C(OH)–C–C–N with tert-alkyl or cyclic N) is 1. The second-order valence-electron chi connectivity index (χ2n) is 5.42. The lowest BCUT2D eigenvalue weighted by Gasteiger charge is -2.30. The molecule has 0 unspecified atom stereocenters. The van der Waals surface area contributed by atoms with E-state index in [-0.39, 0.29) is 6.10 Å². The van der Waals surface area contributed by atoms with Crippen LogP contribution in [0.15, 0.2) is 0 Å². The molecule has 0 radical (unpaired) electrons. The number of nitrogens with zero attached hydrogens (tertiary/aromatic N) is 2. The van der Waals surface area contributed by atoms with Crippen molar-refractivity contribution < 1.29 is 5.11 Å². The summed E-state index contributed by atoms with van der Waals surface area (Å²) < 4.78 is 0. The van der Waals surface area contributed by atoms with Gasteiger partial charge in [-0.3, -0.25) is 4.90 Å². The first-order valence-electron chi connectivity index (χ1n) is 7.18. The van der Waals surface area contributed by atoms with Crippen molar-refractivity contribution in [3.05, 3.63) is 0 Å². The highest BCUT2D eigenvalue weighted by Gasteiger charge is 2.17. The minimum absolute atomic E-state index is 0.175. The van der Waals surface area contributed by atoms with Crippen LogP contribution in [-0.2, 0) is 0 Å². The van der Waals surface area contributed by atoms with Crippen molar-refractivity contribution in [3.63, 3.8) is 0 Å². The van der Waals surface area contributed by atoms with Gasteiger partial charge in [0.15, 0.2) is 0 Å². The Balaban J connectivity index is 1.66. The van der Waals surface area contributed by atoms with Gasteiger partial charge >= 0.3 is 0 Å². The van der Waals surface area contributed by atoms with E-state index in [1.165, 1.54) is 38.8 Å². The number of nitrogens with one attached hydrogen (secondary N) is 1. The maximum absolute atomic E-state index is 10.1. The topological polar surface area (TPSA) is 38.7 Å². The first-order valence-corrected chi connectivity index (χ1v) is 7.18. The van der Waals surface area contributed by atoms with Gasteiger partial charge in [-0.2, -0.15) is 0 Å². The number of likely N-dealkylation sites (tertiary alicyclic amines) is 1. The van der Waals surface area contributed by atoms with Gasteiger partial charge < -0.3 is 15.3 Å². The largest absolute Gasteiger partial charge is 0.390 e. The van der Waals surface area contributed by atoms with Gasteiger partial charge in [-0.1, -0.05) is 6.42 Å². The van der Waals surface area contributed by atoms with Gasteiger partial charge in [0.2, 0.25) is 0 Å². The number of aliphatic hydroxyl groups excluding tert-OH is 1. The molecule has 2 N–H and O–H groups in total. The van der Waals surface area contributed by atoms with Crippen LogP contribution in [0.2, 0.25) is 0 Å². The van der Waals surface area contributed by atoms with E-state index < -0.39 is 0 Å². The number of piperidine rings is 1. The fraction of sp³-hybridized carbons (Fsp3) is 1.00. The van der Waals surface area contributed by atoms with Crippen LogP contribution in [-0.4, -0.2) is 73.4 Å². The molecule has 2 saturated heterocycles. The van der Waals surface area contributed by atoms with Crippen LogP contribution in [0.3, 0.4) is 0 Å². The standard InChI is InChI=1S/C13H27N3O/c17-13(11-15-7-2-1-3-8-15)12-16-9-4-5-14-6-10-16/h13-14,17H,1-12H2/t13-/m1/s1. The summed E-state index contributed by atoms with van der Waals surface area (Å²) >= 11 is 0. The molecule has 0 aliphatic carbocycles. The van der Waals surface area contributed by atoms with Crippen molar-refractivity contribution in [1.82, 2.24) is 15.1 Å². The van der Waals surface area contributed by atoms with E-state index in [2.05, 4.69) is 15.1 Å². The minimum Gasteiger partial charge on any atom is -0.390 e. The summed E-state index contributed by atoms with van der Waals surface area (Å²) in [5, 5.41) is 13.5. The second kappa shape index (κ2) is 7.31. The van der Waals surface area contributed by atoms with Crippen molar-refractivity contribution in [2.45, 2.75) is 31.8 Å². The molecule has 0 bridgehead atoms. The molecule has 2 aliphatic rings. The Bertz CT molecular complexity index is 199. The molecule has 2 rings (SSSR count). The lowest BCUT2D eigenvalue weighted by atomic mass is 10.1. The van der Waals surface area contributed by atoms with Gasteiger partial charge in [-0.05, 0) is 45.4 Å². The van der Waals surface area contributed by atoms with E-state index in [0.717, 1.165) is 39.3 Å². The Hall–Kier alpha value is -0.160. The van der Waals surface area contributed by atoms with Gasteiger partial charge in [0.05, 0.1) is 6.10 Å². The van der Waals surface area contributed by atoms with E-state index in [4.69, 9.17) is 0 Å². The zero-order chi connectivity index (χ0) is 11.9. The summed E-state index contributed by atoms with van der Waals surface area (Å²) in [5.41, 5.74) is 0. The summed E-state index contributed by atoms with van der Waals surface area (Å²) in [6, 6.07) is 0. The van der Waals surface area contributed by atoms with Crippen LogP contribution in [0.1, 0.15) is 25.7 Å². The summed E-state index contributed by atoms with van der Waals surface area (Å²) in [7, 11) is 0. The molecule has 2 aliphatic heterocycles. The fourth-order valence-electron chi connectivity index (χ4n) is 2.88. The molecule has 17 heavy (non-hydrogen) atoms. The first kappa shape index (κ1) is 13.3. The molecular formula is C13H27N3O. The van der Waals surface area contributed by atoms with Gasteiger partial charge in [-0.25, -0.2) is 0 Å². The molecule has 4 heteroatoms. The Kier molecular flexibility index (Phi) is 5.71. The van der Waals surface area contributed by atoms with Crippen molar-refractivity contribution in [3.8, 4) is 0 Å². The van der Waals surface area contributed by atoms with E-state index >= 15 is 0 Å². The van der Waals surface area contributed by atoms with Crippen molar-refractivity contribution in [1.29, 1.82) is 0 Å². The zero-order valence-electron chi connectivity index (χ0n) is 10.9. The molecule has 4 nitrogen and oxygen atoms in total. The first-order chi connectivity index (χ1) is 8.34. The summed E-state index contributed by atoms with van der Waals surface area (Å²) in [6.45, 7) is 8.47. The van der Waals surface area contributed by atoms with Crippen LogP contribution in [0, 0.1) is 0 Å². The average molecular weight is 241 g/mol. The normalized spacial score (nSPS) is 26.6. The van der Waals surface area contributed by atoms with Gasteiger partial charge in [0, 0.05) is 26.2 Å². The number of hydrogen-bond acceptors (Lipinski definition) is 4. The van der Waals surface area contributed by atoms with E-state index in [0.29, 0.717) is 0 Å². The van der Waals surface area contributed by atoms with E-state index in [9.17, 15) is 5.11 Å². The van der Waals surface area contributed by atoms with Gasteiger partial charge in [0.1, 0.15) is 0 Å². The van der Waals surface area contributed by atoms with Crippen LogP contribution in [0.4, 0.5) is 0 Å². The van der Waals surface area contributed by atoms with Crippen LogP contribution >= 0.6 is 0 Å². The SMILES string of the molecule is O[C@H](CN1CCCCC1)CN1CCCNCC1. The lowest BCUT2D eigenvalue weighted by molar-refractivity contribution is 0.0688. The summed E-state index contributed by atoms with van der Waals surface area (Å²) in [6.07, 6.45) is 5.01. The molecular weight excluding hydrogens is 214 g/mol. The molecule has 0 aromatic rings. The molecule has 0 aromatic heterocycles. The van der Waals surface area contributed by atoms with E-state index in [1.807, 2.05) is 0 Å². The van der Waals surface area contributed by atoms with E-state index in [1.54, 1.807) is 0 Å². The summed E-state index contributed by atoms with van der Waals surface area (Å²) in [5.74, 6) is 0. The third-order valence-corrected chi connectivity index (χ3v) is 3.82. The zero-order valence-corrected chi connectivity index (χ0v) is 10.9. The summed E-state index contributed by atoms with van der Waals surface area (Å²) in [4.78, 5) is 4.82.